The van der Waals surface area contributed by atoms with E-state index in [2.05, 4.69) is 4.98 Å². The van der Waals surface area contributed by atoms with Crippen LogP contribution in [0.15, 0.2) is 30.3 Å². The van der Waals surface area contributed by atoms with Crippen molar-refractivity contribution < 1.29 is 14.3 Å². The number of halogens is 1. The first-order valence-electron chi connectivity index (χ1n) is 6.02. The van der Waals surface area contributed by atoms with E-state index in [1.807, 2.05) is 25.1 Å². The summed E-state index contributed by atoms with van der Waals surface area (Å²) in [5.41, 5.74) is 2.15. The van der Waals surface area contributed by atoms with Crippen LogP contribution in [-0.2, 0) is 6.61 Å². The van der Waals surface area contributed by atoms with E-state index in [0.717, 1.165) is 11.4 Å². The number of ether oxygens (including phenoxy) is 2. The van der Waals surface area contributed by atoms with Crippen molar-refractivity contribution in [3.63, 3.8) is 0 Å². The largest absolute Gasteiger partial charge is 0.493 e. The van der Waals surface area contributed by atoms with Gasteiger partial charge < -0.3 is 9.47 Å². The number of hydrogen-bond acceptors (Lipinski definition) is 4. The van der Waals surface area contributed by atoms with Crippen LogP contribution in [-0.4, -0.2) is 18.4 Å². The number of methoxy groups -OCH3 is 1. The SMILES string of the molecule is COc1cc(C=O)cc(Cl)c1OCc1cccc(C)n1. The molecule has 0 spiro atoms. The second kappa shape index (κ2) is 6.39. The van der Waals surface area contributed by atoms with Crippen LogP contribution in [0.2, 0.25) is 5.02 Å². The molecule has 2 aromatic rings. The van der Waals surface area contributed by atoms with Gasteiger partial charge in [0, 0.05) is 11.3 Å². The van der Waals surface area contributed by atoms with Gasteiger partial charge in [0.2, 0.25) is 0 Å². The fourth-order valence-electron chi connectivity index (χ4n) is 1.77. The van der Waals surface area contributed by atoms with Crippen LogP contribution < -0.4 is 9.47 Å². The summed E-state index contributed by atoms with van der Waals surface area (Å²) in [5.74, 6) is 0.829. The summed E-state index contributed by atoms with van der Waals surface area (Å²) in [7, 11) is 1.50. The molecule has 104 valence electrons. The van der Waals surface area contributed by atoms with E-state index in [4.69, 9.17) is 21.1 Å². The summed E-state index contributed by atoms with van der Waals surface area (Å²) in [4.78, 5) is 15.1. The minimum Gasteiger partial charge on any atom is -0.493 e. The maximum atomic E-state index is 10.8. The molecular formula is C15H14ClNO3. The van der Waals surface area contributed by atoms with Gasteiger partial charge in [-0.2, -0.15) is 0 Å². The molecule has 0 saturated carbocycles. The number of aromatic nitrogens is 1. The van der Waals surface area contributed by atoms with Crippen molar-refractivity contribution in [2.45, 2.75) is 13.5 Å². The lowest BCUT2D eigenvalue weighted by molar-refractivity contribution is 0.112. The van der Waals surface area contributed by atoms with Crippen LogP contribution >= 0.6 is 11.6 Å². The Morgan fingerprint density at radius 3 is 2.80 bits per heavy atom. The van der Waals surface area contributed by atoms with E-state index in [-0.39, 0.29) is 6.61 Å². The Labute approximate surface area is 122 Å². The Morgan fingerprint density at radius 1 is 1.35 bits per heavy atom. The molecule has 0 unspecified atom stereocenters. The molecule has 5 heteroatoms. The van der Waals surface area contributed by atoms with E-state index < -0.39 is 0 Å². The average Bonchev–Trinajstić information content (AvgIpc) is 2.45. The molecule has 20 heavy (non-hydrogen) atoms. The molecule has 0 N–H and O–H groups in total. The predicted octanol–water partition coefficient (Wildman–Crippen LogP) is 3.44. The number of nitrogens with zero attached hydrogens (tertiary/aromatic N) is 1. The van der Waals surface area contributed by atoms with Gasteiger partial charge in [-0.15, -0.1) is 0 Å². The third kappa shape index (κ3) is 3.27. The zero-order valence-corrected chi connectivity index (χ0v) is 12.0. The number of benzene rings is 1. The van der Waals surface area contributed by atoms with E-state index in [0.29, 0.717) is 28.4 Å². The predicted molar refractivity (Wildman–Crippen MR) is 76.7 cm³/mol. The lowest BCUT2D eigenvalue weighted by Crippen LogP contribution is -2.01. The minimum atomic E-state index is 0.276. The molecule has 0 radical (unpaired) electrons. The first-order chi connectivity index (χ1) is 9.63. The highest BCUT2D eigenvalue weighted by Crippen LogP contribution is 2.36. The lowest BCUT2D eigenvalue weighted by Gasteiger charge is -2.12. The van der Waals surface area contributed by atoms with Crippen LogP contribution in [0.3, 0.4) is 0 Å². The van der Waals surface area contributed by atoms with Crippen molar-refractivity contribution >= 4 is 17.9 Å². The van der Waals surface area contributed by atoms with Gasteiger partial charge in [0.15, 0.2) is 11.5 Å². The molecule has 0 aliphatic heterocycles. The Kier molecular flexibility index (Phi) is 4.58. The van der Waals surface area contributed by atoms with Gasteiger partial charge in [0.25, 0.3) is 0 Å². The molecule has 0 saturated heterocycles. The minimum absolute atomic E-state index is 0.276. The highest BCUT2D eigenvalue weighted by Gasteiger charge is 2.12. The van der Waals surface area contributed by atoms with Gasteiger partial charge in [-0.1, -0.05) is 17.7 Å². The maximum Gasteiger partial charge on any atom is 0.180 e. The second-order valence-corrected chi connectivity index (χ2v) is 4.62. The van der Waals surface area contributed by atoms with Gasteiger partial charge >= 0.3 is 0 Å². The molecule has 0 fully saturated rings. The number of rotatable bonds is 5. The summed E-state index contributed by atoms with van der Waals surface area (Å²) in [6.45, 7) is 2.19. The molecule has 0 aliphatic carbocycles. The van der Waals surface area contributed by atoms with E-state index in [1.165, 1.54) is 13.2 Å². The van der Waals surface area contributed by atoms with Crippen molar-refractivity contribution in [2.24, 2.45) is 0 Å². The molecular weight excluding hydrogens is 278 g/mol. The van der Waals surface area contributed by atoms with Gasteiger partial charge in [0.1, 0.15) is 12.9 Å². The maximum absolute atomic E-state index is 10.8. The third-order valence-corrected chi connectivity index (χ3v) is 2.98. The normalized spacial score (nSPS) is 10.2. The van der Waals surface area contributed by atoms with Crippen molar-refractivity contribution in [3.05, 3.63) is 52.3 Å². The van der Waals surface area contributed by atoms with Gasteiger partial charge in [0.05, 0.1) is 17.8 Å². The zero-order valence-electron chi connectivity index (χ0n) is 11.2. The summed E-state index contributed by atoms with van der Waals surface area (Å²) >= 11 is 6.11. The smallest absolute Gasteiger partial charge is 0.180 e. The van der Waals surface area contributed by atoms with E-state index >= 15 is 0 Å². The molecule has 4 nitrogen and oxygen atoms in total. The molecule has 2 rings (SSSR count). The molecule has 0 atom stereocenters. The number of carbonyl (C=O) groups excluding carboxylic acids is 1. The Morgan fingerprint density at radius 2 is 2.15 bits per heavy atom. The van der Waals surface area contributed by atoms with Gasteiger partial charge in [-0.05, 0) is 31.2 Å². The van der Waals surface area contributed by atoms with Crippen LogP contribution in [0.25, 0.3) is 0 Å². The van der Waals surface area contributed by atoms with Crippen molar-refractivity contribution in [2.75, 3.05) is 7.11 Å². The molecule has 0 amide bonds. The van der Waals surface area contributed by atoms with Crippen LogP contribution in [0.5, 0.6) is 11.5 Å². The van der Waals surface area contributed by atoms with Crippen LogP contribution in [0, 0.1) is 6.92 Å². The topological polar surface area (TPSA) is 48.4 Å². The first-order valence-corrected chi connectivity index (χ1v) is 6.40. The summed E-state index contributed by atoms with van der Waals surface area (Å²) in [6.07, 6.45) is 0.709. The third-order valence-electron chi connectivity index (χ3n) is 2.70. The lowest BCUT2D eigenvalue weighted by atomic mass is 10.2. The van der Waals surface area contributed by atoms with E-state index in [1.54, 1.807) is 6.07 Å². The fraction of sp³-hybridized carbons (Fsp3) is 0.200. The van der Waals surface area contributed by atoms with E-state index in [9.17, 15) is 4.79 Å². The van der Waals surface area contributed by atoms with Crippen molar-refractivity contribution in [1.82, 2.24) is 4.98 Å². The molecule has 1 aromatic carbocycles. The Balaban J connectivity index is 2.22. The second-order valence-electron chi connectivity index (χ2n) is 4.21. The highest BCUT2D eigenvalue weighted by atomic mass is 35.5. The standard InChI is InChI=1S/C15H14ClNO3/c1-10-4-3-5-12(17-10)9-20-15-13(16)6-11(8-18)7-14(15)19-2/h3-8H,9H2,1-2H3. The van der Waals surface area contributed by atoms with Gasteiger partial charge in [-0.3, -0.25) is 9.78 Å². The Hall–Kier alpha value is -2.07. The van der Waals surface area contributed by atoms with Crippen LogP contribution in [0.1, 0.15) is 21.7 Å². The highest BCUT2D eigenvalue weighted by molar-refractivity contribution is 6.32. The number of aldehydes is 1. The Bertz CT molecular complexity index is 629. The zero-order chi connectivity index (χ0) is 14.5. The number of hydrogen-bond donors (Lipinski definition) is 0. The summed E-state index contributed by atoms with van der Waals surface area (Å²) in [6, 6.07) is 8.81. The summed E-state index contributed by atoms with van der Waals surface area (Å²) in [5, 5.41) is 0.333. The van der Waals surface area contributed by atoms with Crippen LogP contribution in [0.4, 0.5) is 0 Å². The van der Waals surface area contributed by atoms with Crippen molar-refractivity contribution in [1.29, 1.82) is 0 Å². The number of pyridine rings is 1. The molecule has 1 aromatic heterocycles. The number of carbonyl (C=O) groups is 1. The quantitative estimate of drug-likeness (QED) is 0.792. The molecule has 1 heterocycles. The van der Waals surface area contributed by atoms with Gasteiger partial charge in [-0.25, -0.2) is 0 Å². The average molecular weight is 292 g/mol. The number of aryl methyl sites for hydroxylation is 1. The van der Waals surface area contributed by atoms with Crippen molar-refractivity contribution in [3.8, 4) is 11.5 Å². The molecule has 0 aliphatic rings. The fourth-order valence-corrected chi connectivity index (χ4v) is 2.05. The molecule has 0 bridgehead atoms. The first kappa shape index (κ1) is 14.3. The monoisotopic (exact) mass is 291 g/mol. The summed E-state index contributed by atoms with van der Waals surface area (Å²) < 4.78 is 10.9.